The van der Waals surface area contributed by atoms with Crippen molar-refractivity contribution in [1.29, 1.82) is 0 Å². The van der Waals surface area contributed by atoms with Gasteiger partial charge in [-0.05, 0) is 23.9 Å². The van der Waals surface area contributed by atoms with E-state index in [1.807, 2.05) is 52.0 Å². The number of aromatic hydroxyl groups is 1. The Morgan fingerprint density at radius 1 is 1.15 bits per heavy atom. The first-order valence-corrected chi connectivity index (χ1v) is 8.51. The molecule has 2 saturated heterocycles. The molecule has 0 saturated carbocycles. The van der Waals surface area contributed by atoms with Gasteiger partial charge >= 0.3 is 0 Å². The number of esters is 1. The number of carbonyl (C=O) groups is 1. The van der Waals surface area contributed by atoms with Gasteiger partial charge < -0.3 is 20.5 Å². The molecule has 0 spiro atoms. The maximum atomic E-state index is 12.8. The number of hydrogen-bond acceptors (Lipinski definition) is 5. The van der Waals surface area contributed by atoms with Crippen molar-refractivity contribution in [2.45, 2.75) is 45.6 Å². The van der Waals surface area contributed by atoms with E-state index in [0.717, 1.165) is 22.3 Å². The van der Waals surface area contributed by atoms with Crippen LogP contribution < -0.4 is 10.6 Å². The summed E-state index contributed by atoms with van der Waals surface area (Å²) in [4.78, 5) is 12.8. The first-order chi connectivity index (χ1) is 11.7. The average molecular weight is 442 g/mol. The quantitative estimate of drug-likeness (QED) is 0.293. The number of phenols is 1. The van der Waals surface area contributed by atoms with Crippen molar-refractivity contribution in [3.8, 4) is 5.75 Å². The fraction of sp³-hybridized carbons (Fsp3) is 0.400. The zero-order valence-electron chi connectivity index (χ0n) is 15.3. The van der Waals surface area contributed by atoms with Crippen molar-refractivity contribution in [1.82, 2.24) is 10.6 Å². The van der Waals surface area contributed by atoms with Crippen LogP contribution in [0.25, 0.3) is 10.8 Å². The average Bonchev–Trinajstić information content (AvgIpc) is 3.28. The summed E-state index contributed by atoms with van der Waals surface area (Å²) in [6.45, 7) is 8.28. The molecule has 6 heteroatoms. The summed E-state index contributed by atoms with van der Waals surface area (Å²) < 4.78 is 5.67. The molecule has 0 aromatic heterocycles. The summed E-state index contributed by atoms with van der Waals surface area (Å²) in [6, 6.07) is 11.0. The van der Waals surface area contributed by atoms with Crippen LogP contribution in [0.2, 0.25) is 0 Å². The Morgan fingerprint density at radius 2 is 1.73 bits per heavy atom. The van der Waals surface area contributed by atoms with Crippen LogP contribution in [0.4, 0.5) is 0 Å². The van der Waals surface area contributed by atoms with Gasteiger partial charge in [0.2, 0.25) is 0 Å². The van der Waals surface area contributed by atoms with E-state index in [2.05, 4.69) is 10.6 Å². The Hall–Kier alpha value is -1.62. The number of carbonyl (C=O) groups excluding carboxylic acids is 1. The summed E-state index contributed by atoms with van der Waals surface area (Å²) in [5.74, 6) is 0.670. The number of benzene rings is 2. The second-order valence-corrected chi connectivity index (χ2v) is 8.12. The van der Waals surface area contributed by atoms with E-state index >= 15 is 0 Å². The smallest absolute Gasteiger partial charge is 0.173 e. The van der Waals surface area contributed by atoms with Crippen molar-refractivity contribution in [3.63, 3.8) is 0 Å². The summed E-state index contributed by atoms with van der Waals surface area (Å²) in [7, 11) is 0. The molecule has 2 aromatic rings. The number of rotatable bonds is 4. The van der Waals surface area contributed by atoms with Gasteiger partial charge in [0.1, 0.15) is 12.4 Å². The van der Waals surface area contributed by atoms with Crippen molar-refractivity contribution in [2.24, 2.45) is 5.41 Å². The van der Waals surface area contributed by atoms with Gasteiger partial charge in [-0.2, -0.15) is 0 Å². The molecular formula is C20H23N2O3Rh-. The maximum absolute atomic E-state index is 12.8. The number of ether oxygens (including phenoxy) is 1. The van der Waals surface area contributed by atoms with Crippen LogP contribution in [0.1, 0.15) is 33.3 Å². The second kappa shape index (κ2) is 5.95. The van der Waals surface area contributed by atoms with Crippen LogP contribution in [-0.2, 0) is 35.6 Å². The van der Waals surface area contributed by atoms with E-state index in [0.29, 0.717) is 0 Å². The molecule has 0 amide bonds. The Morgan fingerprint density at radius 3 is 2.31 bits per heavy atom. The predicted octanol–water partition coefficient (Wildman–Crippen LogP) is 2.83. The van der Waals surface area contributed by atoms with Gasteiger partial charge in [0.05, 0.1) is 5.66 Å². The van der Waals surface area contributed by atoms with E-state index in [1.165, 1.54) is 0 Å². The van der Waals surface area contributed by atoms with Gasteiger partial charge in [0.25, 0.3) is 0 Å². The molecule has 5 nitrogen and oxygen atoms in total. The molecule has 0 bridgehead atoms. The van der Waals surface area contributed by atoms with Crippen molar-refractivity contribution >= 4 is 16.7 Å². The molecule has 2 aliphatic heterocycles. The maximum Gasteiger partial charge on any atom is 0.173 e. The first kappa shape index (κ1) is 19.2. The molecule has 4 rings (SSSR count). The second-order valence-electron chi connectivity index (χ2n) is 8.12. The van der Waals surface area contributed by atoms with Crippen LogP contribution in [0.3, 0.4) is 0 Å². The molecular weight excluding hydrogens is 419 g/mol. The zero-order chi connectivity index (χ0) is 18.0. The molecule has 0 unspecified atom stereocenters. The van der Waals surface area contributed by atoms with E-state index in [-0.39, 0.29) is 48.9 Å². The fourth-order valence-corrected chi connectivity index (χ4v) is 3.78. The normalized spacial score (nSPS) is 25.8. The van der Waals surface area contributed by atoms with E-state index in [4.69, 9.17) is 4.74 Å². The van der Waals surface area contributed by atoms with Gasteiger partial charge in [-0.3, -0.25) is 4.79 Å². The third kappa shape index (κ3) is 2.81. The summed E-state index contributed by atoms with van der Waals surface area (Å²) in [5.41, 5.74) is 0.00416. The summed E-state index contributed by atoms with van der Waals surface area (Å²) in [5, 5.41) is 18.3. The predicted molar refractivity (Wildman–Crippen MR) is 95.5 cm³/mol. The molecule has 141 valence electrons. The van der Waals surface area contributed by atoms with Crippen molar-refractivity contribution in [2.75, 3.05) is 0 Å². The van der Waals surface area contributed by atoms with Gasteiger partial charge in [-0.15, -0.1) is 5.41 Å². The van der Waals surface area contributed by atoms with Crippen LogP contribution >= 0.6 is 0 Å². The number of hydrogen-bond donors (Lipinski definition) is 3. The van der Waals surface area contributed by atoms with Gasteiger partial charge in [0.15, 0.2) is 5.97 Å². The SMILES string of the molecule is CC(C)(C)[C-](C(=O)OCc1cccc2c(O)cccc12)C12NC1(C)N2.[Rh]. The Bertz CT molecular complexity index is 869. The Kier molecular flexibility index (Phi) is 4.38. The minimum atomic E-state index is -0.403. The van der Waals surface area contributed by atoms with Crippen LogP contribution in [0.5, 0.6) is 5.75 Å². The van der Waals surface area contributed by atoms with Crippen molar-refractivity contribution < 1.29 is 34.1 Å². The summed E-state index contributed by atoms with van der Waals surface area (Å²) in [6.07, 6.45) is 0. The van der Waals surface area contributed by atoms with E-state index in [1.54, 1.807) is 12.1 Å². The monoisotopic (exact) mass is 442 g/mol. The summed E-state index contributed by atoms with van der Waals surface area (Å²) >= 11 is 0. The first-order valence-electron chi connectivity index (χ1n) is 8.51. The molecule has 26 heavy (non-hydrogen) atoms. The number of phenolic OH excluding ortho intramolecular Hbond substituents is 1. The zero-order valence-corrected chi connectivity index (χ0v) is 16.9. The fourth-order valence-electron chi connectivity index (χ4n) is 3.78. The molecule has 2 aromatic carbocycles. The third-order valence-electron chi connectivity index (χ3n) is 5.18. The molecule has 1 radical (unpaired) electrons. The van der Waals surface area contributed by atoms with Crippen LogP contribution in [-0.4, -0.2) is 22.4 Å². The topological polar surface area (TPSA) is 90.4 Å². The molecule has 2 fully saturated rings. The standard InChI is InChI=1S/C20H23N2O3.Rh/c1-18(2,3)16(20-19(4,21-20)22-20)17(24)25-11-12-7-5-9-14-13(12)8-6-10-15(14)23;/h5-10,21-23H,11H2,1-4H3;/q-1;. The minimum Gasteiger partial charge on any atom is -0.507 e. The minimum absolute atomic E-state index is 0. The number of fused-ring (bicyclic) bond motifs is 2. The Balaban J connectivity index is 0.00000196. The van der Waals surface area contributed by atoms with Gasteiger partial charge in [-0.1, -0.05) is 51.1 Å². The van der Waals surface area contributed by atoms with E-state index < -0.39 is 5.66 Å². The molecule has 2 aliphatic rings. The van der Waals surface area contributed by atoms with Crippen LogP contribution in [0.15, 0.2) is 36.4 Å². The van der Waals surface area contributed by atoms with Gasteiger partial charge in [-0.25, -0.2) is 5.92 Å². The molecule has 0 aliphatic carbocycles. The third-order valence-corrected chi connectivity index (χ3v) is 5.18. The number of nitrogens with one attached hydrogen (secondary N) is 2. The Labute approximate surface area is 166 Å². The molecule has 0 atom stereocenters. The van der Waals surface area contributed by atoms with Crippen LogP contribution in [0, 0.1) is 11.3 Å². The van der Waals surface area contributed by atoms with Gasteiger partial charge in [0, 0.05) is 30.5 Å². The largest absolute Gasteiger partial charge is 0.507 e. The van der Waals surface area contributed by atoms with Crippen molar-refractivity contribution in [3.05, 3.63) is 47.9 Å². The van der Waals surface area contributed by atoms with E-state index in [9.17, 15) is 9.90 Å². The molecule has 3 N–H and O–H groups in total. The molecule has 2 heterocycles.